The van der Waals surface area contributed by atoms with E-state index in [1.165, 1.54) is 3.82 Å². The number of aromatic nitrogens is 3. The van der Waals surface area contributed by atoms with Crippen molar-refractivity contribution in [2.45, 2.75) is 6.92 Å². The Balaban J connectivity index is 3.14. The van der Waals surface area contributed by atoms with Crippen LogP contribution in [0.3, 0.4) is 0 Å². The summed E-state index contributed by atoms with van der Waals surface area (Å²) >= 11 is 6.24. The van der Waals surface area contributed by atoms with E-state index >= 15 is 0 Å². The highest BCUT2D eigenvalue weighted by molar-refractivity contribution is 9.10. The van der Waals surface area contributed by atoms with Crippen LogP contribution >= 0.6 is 32.1 Å². The molecule has 0 radical (unpaired) electrons. The van der Waals surface area contributed by atoms with Crippen molar-refractivity contribution in [2.24, 2.45) is 0 Å². The first-order chi connectivity index (χ1) is 3.70. The molecule has 0 unspecified atom stereocenters. The van der Waals surface area contributed by atoms with Crippen LogP contribution in [-0.4, -0.2) is 14.0 Å². The van der Waals surface area contributed by atoms with Gasteiger partial charge < -0.3 is 0 Å². The van der Waals surface area contributed by atoms with E-state index in [2.05, 4.69) is 42.3 Å². The molecule has 0 aliphatic carbocycles. The van der Waals surface area contributed by atoms with Crippen LogP contribution in [0.1, 0.15) is 5.69 Å². The summed E-state index contributed by atoms with van der Waals surface area (Å²) in [5.41, 5.74) is 0.877. The summed E-state index contributed by atoms with van der Waals surface area (Å²) in [6.45, 7) is 1.87. The summed E-state index contributed by atoms with van der Waals surface area (Å²) in [6.07, 6.45) is 0. The minimum atomic E-state index is 0.773. The molecule has 1 aromatic rings. The molecule has 0 saturated carbocycles. The molecule has 44 valence electrons. The topological polar surface area (TPSA) is 30.7 Å². The maximum absolute atomic E-state index is 3.89. The molecular formula is C3H3Br2N3. The van der Waals surface area contributed by atoms with Gasteiger partial charge in [-0.3, -0.25) is 0 Å². The van der Waals surface area contributed by atoms with Gasteiger partial charge in [-0.15, -0.1) is 14.0 Å². The number of aryl methyl sites for hydroxylation is 1. The van der Waals surface area contributed by atoms with Gasteiger partial charge in [-0.1, -0.05) is 0 Å². The van der Waals surface area contributed by atoms with Crippen LogP contribution in [0.15, 0.2) is 4.60 Å². The van der Waals surface area contributed by atoms with Crippen LogP contribution in [0.25, 0.3) is 0 Å². The van der Waals surface area contributed by atoms with Crippen LogP contribution in [-0.2, 0) is 0 Å². The molecule has 0 N–H and O–H groups in total. The number of halogens is 2. The lowest BCUT2D eigenvalue weighted by Gasteiger charge is -1.72. The van der Waals surface area contributed by atoms with Crippen molar-refractivity contribution < 1.29 is 0 Å². The number of hydrogen-bond donors (Lipinski definition) is 0. The Labute approximate surface area is 63.5 Å². The van der Waals surface area contributed by atoms with Crippen molar-refractivity contribution in [3.8, 4) is 0 Å². The number of hydrogen-bond acceptors (Lipinski definition) is 2. The van der Waals surface area contributed by atoms with Crippen LogP contribution in [0.4, 0.5) is 0 Å². The Kier molecular flexibility index (Phi) is 1.67. The predicted molar refractivity (Wildman–Crippen MR) is 36.8 cm³/mol. The van der Waals surface area contributed by atoms with Gasteiger partial charge in [-0.2, -0.15) is 0 Å². The minimum absolute atomic E-state index is 0.773. The van der Waals surface area contributed by atoms with Gasteiger partial charge >= 0.3 is 0 Å². The summed E-state index contributed by atoms with van der Waals surface area (Å²) in [4.78, 5) is 0. The molecule has 3 nitrogen and oxygen atoms in total. The van der Waals surface area contributed by atoms with Crippen LogP contribution in [0, 0.1) is 6.92 Å². The lowest BCUT2D eigenvalue weighted by molar-refractivity contribution is 0.870. The second kappa shape index (κ2) is 2.14. The molecule has 5 heteroatoms. The van der Waals surface area contributed by atoms with E-state index in [4.69, 9.17) is 0 Å². The van der Waals surface area contributed by atoms with Crippen molar-refractivity contribution in [2.75, 3.05) is 0 Å². The molecule has 0 aromatic carbocycles. The molecule has 0 spiro atoms. The molecule has 0 aliphatic heterocycles. The zero-order valence-electron chi connectivity index (χ0n) is 4.10. The highest BCUT2D eigenvalue weighted by Gasteiger charge is 1.98. The first-order valence-electron chi connectivity index (χ1n) is 1.96. The van der Waals surface area contributed by atoms with Gasteiger partial charge in [-0.05, 0) is 22.9 Å². The molecule has 0 aliphatic rings. The van der Waals surface area contributed by atoms with Crippen molar-refractivity contribution in [1.82, 2.24) is 14.0 Å². The Morgan fingerprint density at radius 3 is 2.25 bits per heavy atom. The second-order valence-corrected chi connectivity index (χ2v) is 2.70. The Bertz CT molecular complexity index is 175. The van der Waals surface area contributed by atoms with E-state index in [9.17, 15) is 0 Å². The minimum Gasteiger partial charge on any atom is -0.146 e. The SMILES string of the molecule is Cc1nn(Br)nc1Br. The first-order valence-corrected chi connectivity index (χ1v) is 3.46. The van der Waals surface area contributed by atoms with E-state index in [0.29, 0.717) is 0 Å². The monoisotopic (exact) mass is 239 g/mol. The summed E-state index contributed by atoms with van der Waals surface area (Å²) < 4.78 is 2.11. The molecule has 8 heavy (non-hydrogen) atoms. The fourth-order valence-electron chi connectivity index (χ4n) is 0.332. The predicted octanol–water partition coefficient (Wildman–Crippen LogP) is 1.51. The lowest BCUT2D eigenvalue weighted by Crippen LogP contribution is -1.81. The smallest absolute Gasteiger partial charge is 0.146 e. The molecule has 0 atom stereocenters. The Morgan fingerprint density at radius 2 is 2.12 bits per heavy atom. The van der Waals surface area contributed by atoms with Crippen molar-refractivity contribution in [1.29, 1.82) is 0 Å². The van der Waals surface area contributed by atoms with Gasteiger partial charge in [0.05, 0.1) is 21.8 Å². The normalized spacial score (nSPS) is 9.88. The van der Waals surface area contributed by atoms with Gasteiger partial charge in [0.2, 0.25) is 0 Å². The quantitative estimate of drug-likeness (QED) is 0.689. The first kappa shape index (κ1) is 6.22. The van der Waals surface area contributed by atoms with Crippen LogP contribution in [0.2, 0.25) is 0 Å². The molecule has 1 aromatic heterocycles. The largest absolute Gasteiger partial charge is 0.152 e. The third-order valence-corrected chi connectivity index (χ3v) is 1.75. The average molecular weight is 241 g/mol. The highest BCUT2D eigenvalue weighted by atomic mass is 79.9. The molecule has 1 rings (SSSR count). The van der Waals surface area contributed by atoms with E-state index < -0.39 is 0 Å². The van der Waals surface area contributed by atoms with E-state index in [-0.39, 0.29) is 0 Å². The average Bonchev–Trinajstić information content (AvgIpc) is 1.85. The maximum Gasteiger partial charge on any atom is 0.152 e. The van der Waals surface area contributed by atoms with Crippen LogP contribution in [0.5, 0.6) is 0 Å². The van der Waals surface area contributed by atoms with E-state index in [1.54, 1.807) is 0 Å². The van der Waals surface area contributed by atoms with E-state index in [1.807, 2.05) is 6.92 Å². The summed E-state index contributed by atoms with van der Waals surface area (Å²) in [6, 6.07) is 0. The third kappa shape index (κ3) is 1.08. The molecule has 1 heterocycles. The van der Waals surface area contributed by atoms with E-state index in [0.717, 1.165) is 10.3 Å². The van der Waals surface area contributed by atoms with Gasteiger partial charge in [-0.25, -0.2) is 0 Å². The van der Waals surface area contributed by atoms with Crippen LogP contribution < -0.4 is 0 Å². The van der Waals surface area contributed by atoms with Gasteiger partial charge in [0.25, 0.3) is 0 Å². The Hall–Kier alpha value is 0.1000. The van der Waals surface area contributed by atoms with Gasteiger partial charge in [0.15, 0.2) is 4.60 Å². The van der Waals surface area contributed by atoms with Gasteiger partial charge in [0.1, 0.15) is 0 Å². The number of nitrogens with zero attached hydrogens (tertiary/aromatic N) is 3. The zero-order chi connectivity index (χ0) is 6.15. The van der Waals surface area contributed by atoms with Crippen molar-refractivity contribution in [3.63, 3.8) is 0 Å². The Morgan fingerprint density at radius 1 is 1.50 bits per heavy atom. The zero-order valence-corrected chi connectivity index (χ0v) is 7.27. The molecule has 0 saturated heterocycles. The third-order valence-electron chi connectivity index (χ3n) is 0.701. The molecule has 0 amide bonds. The summed E-state index contributed by atoms with van der Waals surface area (Å²) in [5, 5.41) is 7.74. The molecule has 0 fully saturated rings. The molecular weight excluding hydrogens is 238 g/mol. The highest BCUT2D eigenvalue weighted by Crippen LogP contribution is 2.09. The van der Waals surface area contributed by atoms with Crippen molar-refractivity contribution in [3.05, 3.63) is 10.3 Å². The lowest BCUT2D eigenvalue weighted by atomic mass is 10.6. The second-order valence-electron chi connectivity index (χ2n) is 1.32. The van der Waals surface area contributed by atoms with Crippen molar-refractivity contribution >= 4 is 32.1 Å². The standard InChI is InChI=1S/C3H3Br2N3/c1-2-3(4)7-8(5)6-2/h1H3. The fraction of sp³-hybridized carbons (Fsp3) is 0.333. The fourth-order valence-corrected chi connectivity index (χ4v) is 1.17. The summed E-state index contributed by atoms with van der Waals surface area (Å²) in [7, 11) is 0. The number of rotatable bonds is 0. The van der Waals surface area contributed by atoms with Gasteiger partial charge in [0, 0.05) is 0 Å². The summed E-state index contributed by atoms with van der Waals surface area (Å²) in [5.74, 6) is 0. The maximum atomic E-state index is 3.89. The molecule has 0 bridgehead atoms.